The van der Waals surface area contributed by atoms with Gasteiger partial charge in [-0.15, -0.1) is 0 Å². The van der Waals surface area contributed by atoms with E-state index in [-0.39, 0.29) is 12.4 Å². The third-order valence-electron chi connectivity index (χ3n) is 3.74. The van der Waals surface area contributed by atoms with E-state index in [2.05, 4.69) is 5.10 Å². The average molecular weight is 328 g/mol. The summed E-state index contributed by atoms with van der Waals surface area (Å²) in [6, 6.07) is 7.59. The van der Waals surface area contributed by atoms with Crippen molar-refractivity contribution in [1.82, 2.24) is 9.61 Å². The largest absolute Gasteiger partial charge is 0.496 e. The van der Waals surface area contributed by atoms with Crippen LogP contribution in [0, 0.1) is 12.7 Å². The number of esters is 1. The SMILES string of the molecule is CCOC(=O)c1c(-c2ccc(F)cc2)nn2cc(C)c(OC)cc12. The zero-order valence-electron chi connectivity index (χ0n) is 13.7. The lowest BCUT2D eigenvalue weighted by atomic mass is 10.1. The summed E-state index contributed by atoms with van der Waals surface area (Å²) in [5.74, 6) is -0.172. The summed E-state index contributed by atoms with van der Waals surface area (Å²) in [5.41, 5.74) is 2.88. The van der Waals surface area contributed by atoms with Gasteiger partial charge in [-0.25, -0.2) is 13.7 Å². The molecule has 5 nitrogen and oxygen atoms in total. The molecule has 0 fully saturated rings. The number of halogens is 1. The number of pyridine rings is 1. The van der Waals surface area contributed by atoms with E-state index >= 15 is 0 Å². The van der Waals surface area contributed by atoms with E-state index in [9.17, 15) is 9.18 Å². The van der Waals surface area contributed by atoms with Crippen molar-refractivity contribution in [2.24, 2.45) is 0 Å². The third-order valence-corrected chi connectivity index (χ3v) is 3.74. The van der Waals surface area contributed by atoms with Crippen LogP contribution < -0.4 is 4.74 Å². The Kier molecular flexibility index (Phi) is 4.20. The van der Waals surface area contributed by atoms with Gasteiger partial charge in [0.25, 0.3) is 0 Å². The molecule has 6 heteroatoms. The van der Waals surface area contributed by atoms with Crippen LogP contribution in [0.2, 0.25) is 0 Å². The van der Waals surface area contributed by atoms with Gasteiger partial charge in [-0.3, -0.25) is 0 Å². The lowest BCUT2D eigenvalue weighted by Gasteiger charge is -2.06. The highest BCUT2D eigenvalue weighted by molar-refractivity contribution is 6.03. The standard InChI is InChI=1S/C18H17FN2O3/c1-4-24-18(22)16-14-9-15(23-3)11(2)10-21(14)20-17(16)12-5-7-13(19)8-6-12/h5-10H,4H2,1-3H3. The second kappa shape index (κ2) is 6.31. The molecule has 0 aliphatic rings. The molecular weight excluding hydrogens is 311 g/mol. The van der Waals surface area contributed by atoms with Crippen LogP contribution in [0.5, 0.6) is 5.75 Å². The minimum Gasteiger partial charge on any atom is -0.496 e. The highest BCUT2D eigenvalue weighted by atomic mass is 19.1. The maximum absolute atomic E-state index is 13.2. The van der Waals surface area contributed by atoms with E-state index in [1.807, 2.05) is 6.92 Å². The first-order valence-corrected chi connectivity index (χ1v) is 7.55. The molecule has 0 saturated carbocycles. The molecule has 0 aliphatic carbocycles. The highest BCUT2D eigenvalue weighted by Crippen LogP contribution is 2.30. The average Bonchev–Trinajstić information content (AvgIpc) is 2.93. The number of nitrogens with zero attached hydrogens (tertiary/aromatic N) is 2. The summed E-state index contributed by atoms with van der Waals surface area (Å²) in [5, 5.41) is 4.49. The molecule has 0 unspecified atom stereocenters. The van der Waals surface area contributed by atoms with Gasteiger partial charge in [0, 0.05) is 23.4 Å². The molecule has 0 spiro atoms. The maximum atomic E-state index is 13.2. The lowest BCUT2D eigenvalue weighted by molar-refractivity contribution is 0.0529. The zero-order chi connectivity index (χ0) is 17.3. The minimum absolute atomic E-state index is 0.252. The monoisotopic (exact) mass is 328 g/mol. The minimum atomic E-state index is -0.474. The van der Waals surface area contributed by atoms with Crippen LogP contribution in [0.25, 0.3) is 16.8 Å². The van der Waals surface area contributed by atoms with Crippen LogP contribution >= 0.6 is 0 Å². The second-order valence-corrected chi connectivity index (χ2v) is 5.31. The van der Waals surface area contributed by atoms with Crippen molar-refractivity contribution < 1.29 is 18.7 Å². The Hall–Kier alpha value is -2.89. The number of aryl methyl sites for hydroxylation is 1. The molecule has 3 rings (SSSR count). The van der Waals surface area contributed by atoms with Crippen molar-refractivity contribution in [2.45, 2.75) is 13.8 Å². The zero-order valence-corrected chi connectivity index (χ0v) is 13.7. The van der Waals surface area contributed by atoms with Crippen molar-refractivity contribution in [1.29, 1.82) is 0 Å². The quantitative estimate of drug-likeness (QED) is 0.686. The number of carbonyl (C=O) groups is 1. The second-order valence-electron chi connectivity index (χ2n) is 5.31. The van der Waals surface area contributed by atoms with Crippen LogP contribution in [0.15, 0.2) is 36.5 Å². The molecule has 2 aromatic heterocycles. The van der Waals surface area contributed by atoms with E-state index in [0.717, 1.165) is 5.56 Å². The summed E-state index contributed by atoms with van der Waals surface area (Å²) >= 11 is 0. The van der Waals surface area contributed by atoms with E-state index < -0.39 is 5.97 Å². The number of fused-ring (bicyclic) bond motifs is 1. The molecular formula is C18H17FN2O3. The number of hydrogen-bond donors (Lipinski definition) is 0. The first-order valence-electron chi connectivity index (χ1n) is 7.55. The molecule has 0 amide bonds. The van der Waals surface area contributed by atoms with Crippen LogP contribution in [0.1, 0.15) is 22.8 Å². The number of rotatable bonds is 4. The Morgan fingerprint density at radius 1 is 1.29 bits per heavy atom. The highest BCUT2D eigenvalue weighted by Gasteiger charge is 2.23. The van der Waals surface area contributed by atoms with Gasteiger partial charge >= 0.3 is 5.97 Å². The van der Waals surface area contributed by atoms with Gasteiger partial charge < -0.3 is 9.47 Å². The molecule has 0 atom stereocenters. The Morgan fingerprint density at radius 3 is 2.62 bits per heavy atom. The molecule has 124 valence electrons. The van der Waals surface area contributed by atoms with Gasteiger partial charge in [0.15, 0.2) is 0 Å². The third kappa shape index (κ3) is 2.71. The van der Waals surface area contributed by atoms with E-state index in [1.54, 1.807) is 42.9 Å². The van der Waals surface area contributed by atoms with E-state index in [4.69, 9.17) is 9.47 Å². The molecule has 24 heavy (non-hydrogen) atoms. The van der Waals surface area contributed by atoms with Crippen molar-refractivity contribution in [3.63, 3.8) is 0 Å². The van der Waals surface area contributed by atoms with Gasteiger partial charge in [-0.1, -0.05) is 0 Å². The van der Waals surface area contributed by atoms with Crippen molar-refractivity contribution >= 4 is 11.5 Å². The molecule has 0 bridgehead atoms. The molecule has 0 aliphatic heterocycles. The Bertz CT molecular complexity index is 901. The fourth-order valence-corrected chi connectivity index (χ4v) is 2.60. The number of ether oxygens (including phenoxy) is 2. The molecule has 1 aromatic carbocycles. The normalized spacial score (nSPS) is 10.8. The van der Waals surface area contributed by atoms with Crippen molar-refractivity contribution in [3.05, 3.63) is 53.5 Å². The van der Waals surface area contributed by atoms with E-state index in [1.165, 1.54) is 12.1 Å². The fraction of sp³-hybridized carbons (Fsp3) is 0.222. The first-order chi connectivity index (χ1) is 11.5. The smallest absolute Gasteiger partial charge is 0.342 e. The Morgan fingerprint density at radius 2 is 2.00 bits per heavy atom. The summed E-state index contributed by atoms with van der Waals surface area (Å²) in [4.78, 5) is 12.5. The lowest BCUT2D eigenvalue weighted by Crippen LogP contribution is -2.06. The predicted molar refractivity (Wildman–Crippen MR) is 87.8 cm³/mol. The Labute approximate surface area is 138 Å². The van der Waals surface area contributed by atoms with E-state index in [0.29, 0.717) is 28.1 Å². The number of carbonyl (C=O) groups excluding carboxylic acids is 1. The van der Waals surface area contributed by atoms with Gasteiger partial charge in [-0.2, -0.15) is 5.10 Å². The van der Waals surface area contributed by atoms with Crippen LogP contribution in [0.4, 0.5) is 4.39 Å². The number of methoxy groups -OCH3 is 1. The molecule has 0 saturated heterocycles. The number of benzene rings is 1. The molecule has 0 N–H and O–H groups in total. The van der Waals surface area contributed by atoms with Crippen LogP contribution in [-0.2, 0) is 4.74 Å². The fourth-order valence-electron chi connectivity index (χ4n) is 2.60. The predicted octanol–water partition coefficient (Wildman–Crippen LogP) is 3.63. The summed E-state index contributed by atoms with van der Waals surface area (Å²) in [7, 11) is 1.57. The number of aromatic nitrogens is 2. The topological polar surface area (TPSA) is 52.8 Å². The van der Waals surface area contributed by atoms with Crippen LogP contribution in [-0.4, -0.2) is 29.3 Å². The van der Waals surface area contributed by atoms with Gasteiger partial charge in [-0.05, 0) is 38.1 Å². The number of hydrogen-bond acceptors (Lipinski definition) is 4. The van der Waals surface area contributed by atoms with Crippen LogP contribution in [0.3, 0.4) is 0 Å². The Balaban J connectivity index is 2.29. The van der Waals surface area contributed by atoms with Crippen molar-refractivity contribution in [2.75, 3.05) is 13.7 Å². The first kappa shape index (κ1) is 16.0. The summed E-state index contributed by atoms with van der Waals surface area (Å²) < 4.78 is 25.3. The van der Waals surface area contributed by atoms with Gasteiger partial charge in [0.1, 0.15) is 22.8 Å². The summed E-state index contributed by atoms with van der Waals surface area (Å²) in [6.07, 6.45) is 1.78. The molecule has 2 heterocycles. The summed E-state index contributed by atoms with van der Waals surface area (Å²) in [6.45, 7) is 3.88. The molecule has 0 radical (unpaired) electrons. The van der Waals surface area contributed by atoms with Crippen molar-refractivity contribution in [3.8, 4) is 17.0 Å². The van der Waals surface area contributed by atoms with Gasteiger partial charge in [0.05, 0.1) is 19.2 Å². The molecule has 3 aromatic rings. The van der Waals surface area contributed by atoms with Gasteiger partial charge in [0.2, 0.25) is 0 Å². The maximum Gasteiger partial charge on any atom is 0.342 e.